The summed E-state index contributed by atoms with van der Waals surface area (Å²) in [5.74, 6) is 0. The first-order valence-corrected chi connectivity index (χ1v) is 6.73. The van der Waals surface area contributed by atoms with E-state index >= 15 is 0 Å². The zero-order valence-electron chi connectivity index (χ0n) is 11.0. The van der Waals surface area contributed by atoms with Gasteiger partial charge in [0.2, 0.25) is 0 Å². The van der Waals surface area contributed by atoms with Crippen molar-refractivity contribution in [3.63, 3.8) is 0 Å². The highest BCUT2D eigenvalue weighted by atomic mass is 14.6. The molecule has 1 aromatic carbocycles. The molecule has 0 spiro atoms. The van der Waals surface area contributed by atoms with Crippen molar-refractivity contribution >= 4 is 6.08 Å². The molecule has 1 nitrogen and oxygen atoms in total. The Labute approximate surface area is 106 Å². The summed E-state index contributed by atoms with van der Waals surface area (Å²) in [4.78, 5) is 0. The van der Waals surface area contributed by atoms with Gasteiger partial charge in [-0.05, 0) is 30.4 Å². The number of hydrogen-bond donors (Lipinski definition) is 1. The maximum Gasteiger partial charge on any atom is 0.00388 e. The molecule has 1 aromatic rings. The van der Waals surface area contributed by atoms with E-state index in [4.69, 9.17) is 5.73 Å². The molecule has 0 aromatic heterocycles. The van der Waals surface area contributed by atoms with Crippen molar-refractivity contribution in [2.75, 3.05) is 0 Å². The lowest BCUT2D eigenvalue weighted by molar-refractivity contribution is 0.441. The predicted molar refractivity (Wildman–Crippen MR) is 77.0 cm³/mol. The van der Waals surface area contributed by atoms with Crippen LogP contribution >= 0.6 is 0 Å². The molecule has 2 rings (SSSR count). The number of nitrogens with two attached hydrogens (primary N) is 1. The van der Waals surface area contributed by atoms with Crippen LogP contribution in [0.3, 0.4) is 0 Å². The minimum absolute atomic E-state index is 0.536. The molecule has 0 amide bonds. The predicted octanol–water partition coefficient (Wildman–Crippen LogP) is 4.17. The van der Waals surface area contributed by atoms with Gasteiger partial charge in [-0.2, -0.15) is 0 Å². The van der Waals surface area contributed by atoms with Crippen LogP contribution in [0.4, 0.5) is 0 Å². The number of hydrogen-bond acceptors (Lipinski definition) is 1. The topological polar surface area (TPSA) is 26.0 Å². The molecular weight excluding hydrogens is 206 g/mol. The lowest BCUT2D eigenvalue weighted by atomic mass is 9.97. The van der Waals surface area contributed by atoms with E-state index in [2.05, 4.69) is 31.7 Å². The average molecular weight is 231 g/mol. The smallest absolute Gasteiger partial charge is 0.00388 e. The van der Waals surface area contributed by atoms with Gasteiger partial charge in [-0.3, -0.25) is 0 Å². The molecule has 0 bridgehead atoms. The molecule has 17 heavy (non-hydrogen) atoms. The standard InChI is InChI=1S/C10H12.C6H13N/c1-3-9-7-5-6-8-10(9)4-2;7-6-4-2-1-3-5-6/h3,5-8H,1,4H2,2H3;6H,1-5,7H2. The second kappa shape index (κ2) is 8.08. The minimum Gasteiger partial charge on any atom is -0.328 e. The van der Waals surface area contributed by atoms with E-state index in [1.165, 1.54) is 43.2 Å². The Morgan fingerprint density at radius 1 is 1.24 bits per heavy atom. The Balaban J connectivity index is 0.000000181. The minimum atomic E-state index is 0.536. The molecule has 1 aliphatic carbocycles. The normalized spacial score (nSPS) is 15.9. The van der Waals surface area contributed by atoms with Crippen LogP contribution in [0.25, 0.3) is 6.08 Å². The fraction of sp³-hybridized carbons (Fsp3) is 0.500. The molecule has 2 N–H and O–H groups in total. The molecule has 0 unspecified atom stereocenters. The summed E-state index contributed by atoms with van der Waals surface area (Å²) >= 11 is 0. The average Bonchev–Trinajstić information content (AvgIpc) is 2.40. The molecular formula is C16H25N. The summed E-state index contributed by atoms with van der Waals surface area (Å²) in [6.07, 6.45) is 9.65. The van der Waals surface area contributed by atoms with Crippen LogP contribution in [0.5, 0.6) is 0 Å². The second-order valence-corrected chi connectivity index (χ2v) is 4.65. The van der Waals surface area contributed by atoms with Crippen molar-refractivity contribution in [3.05, 3.63) is 42.0 Å². The van der Waals surface area contributed by atoms with Gasteiger partial charge in [-0.15, -0.1) is 0 Å². The van der Waals surface area contributed by atoms with E-state index in [-0.39, 0.29) is 0 Å². The fourth-order valence-electron chi connectivity index (χ4n) is 2.19. The maximum absolute atomic E-state index is 5.63. The highest BCUT2D eigenvalue weighted by Crippen LogP contribution is 2.14. The SMILES string of the molecule is C=Cc1ccccc1CC.NC1CCCCC1. The molecule has 1 heteroatoms. The largest absolute Gasteiger partial charge is 0.328 e. The van der Waals surface area contributed by atoms with Crippen molar-refractivity contribution in [1.82, 2.24) is 0 Å². The molecule has 0 atom stereocenters. The zero-order valence-corrected chi connectivity index (χ0v) is 11.0. The quantitative estimate of drug-likeness (QED) is 0.812. The van der Waals surface area contributed by atoms with Gasteiger partial charge < -0.3 is 5.73 Å². The maximum atomic E-state index is 5.63. The van der Waals surface area contributed by atoms with E-state index in [1.54, 1.807) is 0 Å². The fourth-order valence-corrected chi connectivity index (χ4v) is 2.19. The number of rotatable bonds is 2. The monoisotopic (exact) mass is 231 g/mol. The summed E-state index contributed by atoms with van der Waals surface area (Å²) in [5.41, 5.74) is 8.26. The Morgan fingerprint density at radius 2 is 1.88 bits per heavy atom. The highest BCUT2D eigenvalue weighted by Gasteiger charge is 2.06. The summed E-state index contributed by atoms with van der Waals surface area (Å²) in [7, 11) is 0. The first-order chi connectivity index (χ1) is 8.27. The summed E-state index contributed by atoms with van der Waals surface area (Å²) in [6.45, 7) is 5.89. The highest BCUT2D eigenvalue weighted by molar-refractivity contribution is 5.51. The third-order valence-corrected chi connectivity index (χ3v) is 3.31. The van der Waals surface area contributed by atoms with Gasteiger partial charge in [0.25, 0.3) is 0 Å². The van der Waals surface area contributed by atoms with E-state index in [0.717, 1.165) is 6.42 Å². The van der Waals surface area contributed by atoms with E-state index in [0.29, 0.717) is 6.04 Å². The summed E-state index contributed by atoms with van der Waals surface area (Å²) in [6, 6.07) is 8.86. The Morgan fingerprint density at radius 3 is 2.29 bits per heavy atom. The molecule has 1 fully saturated rings. The van der Waals surface area contributed by atoms with Gasteiger partial charge in [0.15, 0.2) is 0 Å². The van der Waals surface area contributed by atoms with Gasteiger partial charge in [0, 0.05) is 6.04 Å². The van der Waals surface area contributed by atoms with Crippen LogP contribution in [0.15, 0.2) is 30.8 Å². The van der Waals surface area contributed by atoms with Crippen molar-refractivity contribution in [1.29, 1.82) is 0 Å². The molecule has 0 saturated heterocycles. The third kappa shape index (κ3) is 5.18. The van der Waals surface area contributed by atoms with Crippen LogP contribution in [-0.2, 0) is 6.42 Å². The van der Waals surface area contributed by atoms with E-state index < -0.39 is 0 Å². The van der Waals surface area contributed by atoms with Gasteiger partial charge >= 0.3 is 0 Å². The first kappa shape index (κ1) is 14.0. The van der Waals surface area contributed by atoms with Gasteiger partial charge in [-0.1, -0.05) is 63.1 Å². The Bertz CT molecular complexity index is 324. The van der Waals surface area contributed by atoms with Crippen LogP contribution in [0.1, 0.15) is 50.2 Å². The van der Waals surface area contributed by atoms with Crippen molar-refractivity contribution in [3.8, 4) is 0 Å². The van der Waals surface area contributed by atoms with Crippen molar-refractivity contribution < 1.29 is 0 Å². The number of benzene rings is 1. The van der Waals surface area contributed by atoms with Gasteiger partial charge in [0.05, 0.1) is 0 Å². The Kier molecular flexibility index (Phi) is 6.64. The van der Waals surface area contributed by atoms with Crippen LogP contribution in [-0.4, -0.2) is 6.04 Å². The molecule has 0 aliphatic heterocycles. The molecule has 1 saturated carbocycles. The van der Waals surface area contributed by atoms with Crippen LogP contribution in [0, 0.1) is 0 Å². The zero-order chi connectivity index (χ0) is 12.5. The molecule has 1 aliphatic rings. The molecule has 0 heterocycles. The first-order valence-electron chi connectivity index (χ1n) is 6.73. The van der Waals surface area contributed by atoms with Crippen LogP contribution < -0.4 is 5.73 Å². The lowest BCUT2D eigenvalue weighted by Gasteiger charge is -2.15. The number of aryl methyl sites for hydroxylation is 1. The second-order valence-electron chi connectivity index (χ2n) is 4.65. The van der Waals surface area contributed by atoms with Gasteiger partial charge in [-0.25, -0.2) is 0 Å². The van der Waals surface area contributed by atoms with Gasteiger partial charge in [0.1, 0.15) is 0 Å². The molecule has 0 radical (unpaired) electrons. The lowest BCUT2D eigenvalue weighted by Crippen LogP contribution is -2.22. The van der Waals surface area contributed by atoms with E-state index in [1.807, 2.05) is 12.1 Å². The van der Waals surface area contributed by atoms with E-state index in [9.17, 15) is 0 Å². The Hall–Kier alpha value is -1.08. The van der Waals surface area contributed by atoms with Crippen molar-refractivity contribution in [2.45, 2.75) is 51.5 Å². The van der Waals surface area contributed by atoms with Crippen molar-refractivity contribution in [2.24, 2.45) is 5.73 Å². The third-order valence-electron chi connectivity index (χ3n) is 3.31. The summed E-state index contributed by atoms with van der Waals surface area (Å²) in [5, 5.41) is 0. The van der Waals surface area contributed by atoms with Crippen LogP contribution in [0.2, 0.25) is 0 Å². The summed E-state index contributed by atoms with van der Waals surface area (Å²) < 4.78 is 0. The molecule has 94 valence electrons.